The second kappa shape index (κ2) is 7.17. The number of likely N-dealkylation sites (N-methyl/N-ethyl adjacent to an activating group) is 1. The van der Waals surface area contributed by atoms with E-state index in [1.807, 2.05) is 0 Å². The normalized spacial score (nSPS) is 22.9. The highest BCUT2D eigenvalue weighted by molar-refractivity contribution is 4.66. The first kappa shape index (κ1) is 11.9. The predicted octanol–water partition coefficient (Wildman–Crippen LogP) is -0.0569. The van der Waals surface area contributed by atoms with Crippen LogP contribution in [0.4, 0.5) is 0 Å². The highest BCUT2D eigenvalue weighted by atomic mass is 16.5. The highest BCUT2D eigenvalue weighted by Crippen LogP contribution is 2.01. The summed E-state index contributed by atoms with van der Waals surface area (Å²) in [5.41, 5.74) is 0. The van der Waals surface area contributed by atoms with Crippen LogP contribution in [0.5, 0.6) is 0 Å². The van der Waals surface area contributed by atoms with Crippen molar-refractivity contribution < 1.29 is 9.47 Å². The largest absolute Gasteiger partial charge is 0.380 e. The minimum Gasteiger partial charge on any atom is -0.380 e. The summed E-state index contributed by atoms with van der Waals surface area (Å²) in [4.78, 5) is 2.12. The van der Waals surface area contributed by atoms with Crippen LogP contribution in [-0.2, 0) is 9.47 Å². The molecule has 1 N–H and O–H groups in total. The number of nitrogens with zero attached hydrogens (tertiary/aromatic N) is 1. The average Bonchev–Trinajstić information content (AvgIpc) is 2.18. The Balaban J connectivity index is 1.87. The maximum atomic E-state index is 5.55. The van der Waals surface area contributed by atoms with Crippen molar-refractivity contribution in [1.29, 1.82) is 0 Å². The molecule has 0 aliphatic carbocycles. The zero-order valence-electron chi connectivity index (χ0n) is 9.29. The van der Waals surface area contributed by atoms with Crippen LogP contribution in [0.1, 0.15) is 6.42 Å². The lowest BCUT2D eigenvalue weighted by Gasteiger charge is -2.23. The van der Waals surface area contributed by atoms with Gasteiger partial charge in [0.25, 0.3) is 0 Å². The summed E-state index contributed by atoms with van der Waals surface area (Å²) in [5, 5.41) is 3.31. The van der Waals surface area contributed by atoms with E-state index in [1.165, 1.54) is 0 Å². The van der Waals surface area contributed by atoms with Gasteiger partial charge in [0.15, 0.2) is 0 Å². The fraction of sp³-hybridized carbons (Fsp3) is 1.00. The summed E-state index contributed by atoms with van der Waals surface area (Å²) in [5.74, 6) is 0. The lowest BCUT2D eigenvalue weighted by Crippen LogP contribution is -2.39. The minimum absolute atomic E-state index is 0.350. The van der Waals surface area contributed by atoms with Gasteiger partial charge in [0.1, 0.15) is 0 Å². The average molecular weight is 202 g/mol. The zero-order chi connectivity index (χ0) is 10.2. The van der Waals surface area contributed by atoms with Crippen LogP contribution in [0.3, 0.4) is 0 Å². The number of hydrogen-bond donors (Lipinski definition) is 1. The standard InChI is InChI=1S/C10H22N2O2/c1-12(2)5-8-13-6-3-10-9-11-4-7-14-10/h10-11H,3-9H2,1-2H3. The van der Waals surface area contributed by atoms with Gasteiger partial charge in [-0.2, -0.15) is 0 Å². The van der Waals surface area contributed by atoms with Gasteiger partial charge < -0.3 is 19.7 Å². The number of morpholine rings is 1. The van der Waals surface area contributed by atoms with Gasteiger partial charge in [0, 0.05) is 26.2 Å². The number of rotatable bonds is 6. The van der Waals surface area contributed by atoms with Crippen LogP contribution in [0.15, 0.2) is 0 Å². The van der Waals surface area contributed by atoms with Gasteiger partial charge in [0.2, 0.25) is 0 Å². The molecule has 1 heterocycles. The third kappa shape index (κ3) is 5.54. The number of nitrogens with one attached hydrogen (secondary N) is 1. The lowest BCUT2D eigenvalue weighted by molar-refractivity contribution is 0.00169. The summed E-state index contributed by atoms with van der Waals surface area (Å²) in [7, 11) is 4.11. The van der Waals surface area contributed by atoms with E-state index in [0.717, 1.165) is 45.9 Å². The molecule has 1 rings (SSSR count). The first-order valence-corrected chi connectivity index (χ1v) is 5.34. The van der Waals surface area contributed by atoms with Crippen LogP contribution in [-0.4, -0.2) is 64.6 Å². The maximum Gasteiger partial charge on any atom is 0.0722 e. The number of hydrogen-bond acceptors (Lipinski definition) is 4. The van der Waals surface area contributed by atoms with Crippen LogP contribution in [0.2, 0.25) is 0 Å². The molecule has 0 radical (unpaired) electrons. The van der Waals surface area contributed by atoms with E-state index in [2.05, 4.69) is 24.3 Å². The molecular weight excluding hydrogens is 180 g/mol. The Hall–Kier alpha value is -0.160. The van der Waals surface area contributed by atoms with Crippen molar-refractivity contribution in [3.05, 3.63) is 0 Å². The Morgan fingerprint density at radius 3 is 2.93 bits per heavy atom. The third-order valence-electron chi connectivity index (χ3n) is 2.27. The Morgan fingerprint density at radius 2 is 2.29 bits per heavy atom. The van der Waals surface area contributed by atoms with E-state index >= 15 is 0 Å². The van der Waals surface area contributed by atoms with E-state index in [0.29, 0.717) is 6.10 Å². The van der Waals surface area contributed by atoms with Crippen molar-refractivity contribution in [2.75, 3.05) is 53.6 Å². The van der Waals surface area contributed by atoms with E-state index < -0.39 is 0 Å². The molecular formula is C10H22N2O2. The molecule has 4 heteroatoms. The predicted molar refractivity (Wildman–Crippen MR) is 56.6 cm³/mol. The second-order valence-corrected chi connectivity index (χ2v) is 3.90. The molecule has 1 fully saturated rings. The molecule has 0 bridgehead atoms. The van der Waals surface area contributed by atoms with Crippen molar-refractivity contribution in [3.63, 3.8) is 0 Å². The van der Waals surface area contributed by atoms with Crippen LogP contribution in [0, 0.1) is 0 Å². The van der Waals surface area contributed by atoms with Gasteiger partial charge in [-0.25, -0.2) is 0 Å². The Morgan fingerprint density at radius 1 is 1.43 bits per heavy atom. The molecule has 0 aromatic rings. The first-order chi connectivity index (χ1) is 6.79. The van der Waals surface area contributed by atoms with Crippen LogP contribution >= 0.6 is 0 Å². The van der Waals surface area contributed by atoms with Gasteiger partial charge in [-0.3, -0.25) is 0 Å². The van der Waals surface area contributed by atoms with E-state index in [9.17, 15) is 0 Å². The molecule has 1 saturated heterocycles. The molecule has 0 aromatic carbocycles. The fourth-order valence-corrected chi connectivity index (χ4v) is 1.37. The summed E-state index contributed by atoms with van der Waals surface area (Å²) in [6, 6.07) is 0. The lowest BCUT2D eigenvalue weighted by atomic mass is 10.2. The van der Waals surface area contributed by atoms with Crippen molar-refractivity contribution in [1.82, 2.24) is 10.2 Å². The van der Waals surface area contributed by atoms with Crippen LogP contribution in [0.25, 0.3) is 0 Å². The molecule has 0 amide bonds. The fourth-order valence-electron chi connectivity index (χ4n) is 1.37. The Bertz CT molecular complexity index is 136. The first-order valence-electron chi connectivity index (χ1n) is 5.34. The third-order valence-corrected chi connectivity index (χ3v) is 2.27. The summed E-state index contributed by atoms with van der Waals surface area (Å²) in [6.45, 7) is 5.40. The molecule has 1 atom stereocenters. The SMILES string of the molecule is CN(C)CCOCCC1CNCCO1. The van der Waals surface area contributed by atoms with Crippen molar-refractivity contribution >= 4 is 0 Å². The van der Waals surface area contributed by atoms with Gasteiger partial charge in [-0.05, 0) is 20.5 Å². The molecule has 1 aliphatic heterocycles. The van der Waals surface area contributed by atoms with E-state index in [-0.39, 0.29) is 0 Å². The maximum absolute atomic E-state index is 5.55. The number of ether oxygens (including phenoxy) is 2. The van der Waals surface area contributed by atoms with Crippen LogP contribution < -0.4 is 5.32 Å². The summed E-state index contributed by atoms with van der Waals surface area (Å²) in [6.07, 6.45) is 1.35. The van der Waals surface area contributed by atoms with Crippen molar-refractivity contribution in [2.24, 2.45) is 0 Å². The monoisotopic (exact) mass is 202 g/mol. The topological polar surface area (TPSA) is 33.7 Å². The molecule has 14 heavy (non-hydrogen) atoms. The molecule has 4 nitrogen and oxygen atoms in total. The second-order valence-electron chi connectivity index (χ2n) is 3.90. The zero-order valence-corrected chi connectivity index (χ0v) is 9.29. The minimum atomic E-state index is 0.350. The summed E-state index contributed by atoms with van der Waals surface area (Å²) < 4.78 is 11.1. The smallest absolute Gasteiger partial charge is 0.0722 e. The molecule has 1 aliphatic rings. The van der Waals surface area contributed by atoms with E-state index in [4.69, 9.17) is 9.47 Å². The molecule has 0 spiro atoms. The van der Waals surface area contributed by atoms with Gasteiger partial charge >= 0.3 is 0 Å². The molecule has 0 aromatic heterocycles. The van der Waals surface area contributed by atoms with Gasteiger partial charge in [-0.15, -0.1) is 0 Å². The highest BCUT2D eigenvalue weighted by Gasteiger charge is 2.12. The molecule has 1 unspecified atom stereocenters. The van der Waals surface area contributed by atoms with E-state index in [1.54, 1.807) is 0 Å². The Kier molecular flexibility index (Phi) is 6.10. The van der Waals surface area contributed by atoms with Crippen molar-refractivity contribution in [3.8, 4) is 0 Å². The van der Waals surface area contributed by atoms with Gasteiger partial charge in [0.05, 0.1) is 19.3 Å². The summed E-state index contributed by atoms with van der Waals surface area (Å²) >= 11 is 0. The molecule has 0 saturated carbocycles. The van der Waals surface area contributed by atoms with Crippen molar-refractivity contribution in [2.45, 2.75) is 12.5 Å². The quantitative estimate of drug-likeness (QED) is 0.612. The Labute approximate surface area is 86.6 Å². The molecule has 84 valence electrons. The van der Waals surface area contributed by atoms with Gasteiger partial charge in [-0.1, -0.05) is 0 Å².